The maximum Gasteiger partial charge on any atom is 0.161 e. The molecule has 11 aromatic carbocycles. The quantitative estimate of drug-likeness (QED) is 0.137. The number of rotatable bonds is 10. The molecule has 0 aliphatic heterocycles. The minimum absolute atomic E-state index is 0.794. The molecule has 67 heavy (non-hydrogen) atoms. The molecule has 0 bridgehead atoms. The SMILES string of the molecule is c1ccc(-c2ccc(N(c3ccccc3-c3ccccc3)c3ccc(N(c4ccc(-c5ccccc5)cc4)c4cccc(-c5ccccc5)c4)c4c3oc3cc5ccccc5cc34)cc2)cc1. The van der Waals surface area contributed by atoms with Crippen molar-refractivity contribution in [2.75, 3.05) is 9.80 Å². The number of benzene rings is 11. The Bertz CT molecular complexity index is 3660. The Morgan fingerprint density at radius 2 is 0.731 bits per heavy atom. The number of hydrogen-bond donors (Lipinski definition) is 0. The highest BCUT2D eigenvalue weighted by atomic mass is 16.3. The summed E-state index contributed by atoms with van der Waals surface area (Å²) in [5.41, 5.74) is 17.0. The first kappa shape index (κ1) is 39.7. The molecule has 3 heteroatoms. The molecule has 0 fully saturated rings. The topological polar surface area (TPSA) is 19.6 Å². The van der Waals surface area contributed by atoms with E-state index >= 15 is 0 Å². The van der Waals surface area contributed by atoms with Crippen LogP contribution in [0, 0.1) is 0 Å². The molecule has 0 spiro atoms. The number of anilines is 6. The summed E-state index contributed by atoms with van der Waals surface area (Å²) >= 11 is 0. The Morgan fingerprint density at radius 1 is 0.269 bits per heavy atom. The second-order valence-electron chi connectivity index (χ2n) is 16.9. The Labute approximate surface area is 390 Å². The van der Waals surface area contributed by atoms with Gasteiger partial charge in [0.25, 0.3) is 0 Å². The van der Waals surface area contributed by atoms with E-state index in [1.54, 1.807) is 0 Å². The number of para-hydroxylation sites is 1. The van der Waals surface area contributed by atoms with Crippen molar-refractivity contribution in [1.82, 2.24) is 0 Å². The first-order chi connectivity index (χ1) is 33.2. The number of nitrogens with zero attached hydrogens (tertiary/aromatic N) is 2. The fourth-order valence-electron chi connectivity index (χ4n) is 9.58. The van der Waals surface area contributed by atoms with Gasteiger partial charge in [-0.15, -0.1) is 0 Å². The van der Waals surface area contributed by atoms with Gasteiger partial charge >= 0.3 is 0 Å². The Balaban J connectivity index is 1.13. The van der Waals surface area contributed by atoms with E-state index in [-0.39, 0.29) is 0 Å². The lowest BCUT2D eigenvalue weighted by Crippen LogP contribution is -2.13. The summed E-state index contributed by atoms with van der Waals surface area (Å²) in [6.07, 6.45) is 0. The van der Waals surface area contributed by atoms with Crippen molar-refractivity contribution in [1.29, 1.82) is 0 Å². The van der Waals surface area contributed by atoms with Gasteiger partial charge in [0.15, 0.2) is 5.58 Å². The van der Waals surface area contributed by atoms with Crippen LogP contribution in [-0.4, -0.2) is 0 Å². The van der Waals surface area contributed by atoms with Gasteiger partial charge in [0, 0.05) is 28.0 Å². The molecule has 0 aliphatic carbocycles. The maximum absolute atomic E-state index is 7.32. The van der Waals surface area contributed by atoms with Gasteiger partial charge in [0.05, 0.1) is 22.4 Å². The first-order valence-electron chi connectivity index (χ1n) is 22.8. The van der Waals surface area contributed by atoms with Gasteiger partial charge in [-0.3, -0.25) is 0 Å². The smallest absolute Gasteiger partial charge is 0.161 e. The average molecular weight is 857 g/mol. The molecule has 0 aliphatic rings. The van der Waals surface area contributed by atoms with Crippen LogP contribution in [0.1, 0.15) is 0 Å². The zero-order chi connectivity index (χ0) is 44.5. The molecule has 1 heterocycles. The average Bonchev–Trinajstić information content (AvgIpc) is 3.79. The summed E-state index contributed by atoms with van der Waals surface area (Å²) in [5, 5.41) is 4.36. The largest absolute Gasteiger partial charge is 0.454 e. The number of fused-ring (bicyclic) bond motifs is 4. The van der Waals surface area contributed by atoms with E-state index in [2.05, 4.69) is 277 Å². The lowest BCUT2D eigenvalue weighted by molar-refractivity contribution is 0.669. The zero-order valence-corrected chi connectivity index (χ0v) is 36.7. The normalized spacial score (nSPS) is 11.3. The third-order valence-electron chi connectivity index (χ3n) is 12.8. The molecule has 0 atom stereocenters. The van der Waals surface area contributed by atoms with Crippen molar-refractivity contribution in [3.63, 3.8) is 0 Å². The number of furan rings is 1. The monoisotopic (exact) mass is 856 g/mol. The Kier molecular flexibility index (Phi) is 10.2. The van der Waals surface area contributed by atoms with Gasteiger partial charge in [-0.2, -0.15) is 0 Å². The molecule has 316 valence electrons. The fourth-order valence-corrected chi connectivity index (χ4v) is 9.58. The molecule has 0 unspecified atom stereocenters. The van der Waals surface area contributed by atoms with Crippen molar-refractivity contribution in [3.05, 3.63) is 267 Å². The van der Waals surface area contributed by atoms with Crippen LogP contribution in [-0.2, 0) is 0 Å². The predicted molar refractivity (Wildman–Crippen MR) is 282 cm³/mol. The summed E-state index contributed by atoms with van der Waals surface area (Å²) < 4.78 is 7.32. The highest BCUT2D eigenvalue weighted by Gasteiger charge is 2.27. The van der Waals surface area contributed by atoms with Crippen LogP contribution in [0.2, 0.25) is 0 Å². The van der Waals surface area contributed by atoms with Crippen molar-refractivity contribution in [2.24, 2.45) is 0 Å². The highest BCUT2D eigenvalue weighted by Crippen LogP contribution is 2.51. The molecule has 3 nitrogen and oxygen atoms in total. The molecule has 0 N–H and O–H groups in total. The van der Waals surface area contributed by atoms with Gasteiger partial charge in [-0.1, -0.05) is 200 Å². The Hall–Kier alpha value is -8.92. The van der Waals surface area contributed by atoms with E-state index in [4.69, 9.17) is 4.42 Å². The van der Waals surface area contributed by atoms with E-state index in [0.29, 0.717) is 0 Å². The zero-order valence-electron chi connectivity index (χ0n) is 36.7. The first-order valence-corrected chi connectivity index (χ1v) is 22.8. The highest BCUT2D eigenvalue weighted by molar-refractivity contribution is 6.20. The van der Waals surface area contributed by atoms with Crippen LogP contribution in [0.3, 0.4) is 0 Å². The molecule has 12 rings (SSSR count). The van der Waals surface area contributed by atoms with E-state index in [9.17, 15) is 0 Å². The van der Waals surface area contributed by atoms with Crippen molar-refractivity contribution >= 4 is 66.8 Å². The van der Waals surface area contributed by atoms with Crippen LogP contribution >= 0.6 is 0 Å². The summed E-state index contributed by atoms with van der Waals surface area (Å²) in [7, 11) is 0. The lowest BCUT2D eigenvalue weighted by Gasteiger charge is -2.30. The van der Waals surface area contributed by atoms with Crippen molar-refractivity contribution in [3.8, 4) is 44.5 Å². The van der Waals surface area contributed by atoms with Gasteiger partial charge in [0.2, 0.25) is 0 Å². The van der Waals surface area contributed by atoms with Crippen LogP contribution in [0.15, 0.2) is 271 Å². The summed E-state index contributed by atoms with van der Waals surface area (Å²) in [6.45, 7) is 0. The van der Waals surface area contributed by atoms with Gasteiger partial charge in [-0.05, 0) is 116 Å². The molecular weight excluding hydrogens is 813 g/mol. The molecule has 0 amide bonds. The van der Waals surface area contributed by atoms with Crippen LogP contribution in [0.4, 0.5) is 34.1 Å². The third kappa shape index (κ3) is 7.49. The molecule has 0 saturated carbocycles. The summed E-state index contributed by atoms with van der Waals surface area (Å²) in [5.74, 6) is 0. The second kappa shape index (κ2) is 17.2. The van der Waals surface area contributed by atoms with Crippen molar-refractivity contribution < 1.29 is 4.42 Å². The van der Waals surface area contributed by atoms with Crippen molar-refractivity contribution in [2.45, 2.75) is 0 Å². The van der Waals surface area contributed by atoms with Gasteiger partial charge in [-0.25, -0.2) is 0 Å². The fraction of sp³-hybridized carbons (Fsp3) is 0. The second-order valence-corrected chi connectivity index (χ2v) is 16.9. The van der Waals surface area contributed by atoms with Gasteiger partial charge < -0.3 is 14.2 Å². The maximum atomic E-state index is 7.32. The summed E-state index contributed by atoms with van der Waals surface area (Å²) in [6, 6.07) is 95.4. The van der Waals surface area contributed by atoms with Crippen LogP contribution in [0.25, 0.3) is 77.2 Å². The van der Waals surface area contributed by atoms with E-state index in [0.717, 1.165) is 100 Å². The number of hydrogen-bond acceptors (Lipinski definition) is 3. The third-order valence-corrected chi connectivity index (χ3v) is 12.8. The minimum atomic E-state index is 0.794. The van der Waals surface area contributed by atoms with E-state index in [1.165, 1.54) is 11.1 Å². The minimum Gasteiger partial charge on any atom is -0.454 e. The van der Waals surface area contributed by atoms with E-state index < -0.39 is 0 Å². The molecule has 12 aromatic rings. The molecule has 0 saturated heterocycles. The van der Waals surface area contributed by atoms with Crippen LogP contribution in [0.5, 0.6) is 0 Å². The Morgan fingerprint density at radius 3 is 1.34 bits per heavy atom. The predicted octanol–water partition coefficient (Wildman–Crippen LogP) is 18.3. The van der Waals surface area contributed by atoms with Crippen LogP contribution < -0.4 is 9.80 Å². The van der Waals surface area contributed by atoms with Gasteiger partial charge in [0.1, 0.15) is 5.58 Å². The van der Waals surface area contributed by atoms with E-state index in [1.807, 2.05) is 0 Å². The molecular formula is C64H44N2O. The summed E-state index contributed by atoms with van der Waals surface area (Å²) in [4.78, 5) is 4.77. The lowest BCUT2D eigenvalue weighted by atomic mass is 9.99. The molecule has 1 aromatic heterocycles. The molecule has 0 radical (unpaired) electrons. The standard InChI is InChI=1S/C64H44N2O/c1-5-18-45(19-6-1)48-32-36-54(37-33-48)65(56-29-17-28-51(42-56)47-22-9-3-10-23-47)60-40-41-61(64-63(60)58-43-52-26-13-14-27-53(52)44-62(58)67-64)66(55-38-34-49(35-39-55)46-20-7-2-8-21-46)59-31-16-15-30-57(59)50-24-11-4-12-25-50/h1-44H.